The van der Waals surface area contributed by atoms with Crippen LogP contribution in [-0.2, 0) is 16.1 Å². The number of benzene rings is 1. The largest absolute Gasteiger partial charge is 0.480 e. The second kappa shape index (κ2) is 9.50. The van der Waals surface area contributed by atoms with Crippen molar-refractivity contribution in [2.75, 3.05) is 33.3 Å². The molecule has 1 unspecified atom stereocenters. The molecular weight excluding hydrogens is 268 g/mol. The van der Waals surface area contributed by atoms with Crippen LogP contribution in [0.2, 0.25) is 0 Å². The molecule has 0 saturated heterocycles. The Morgan fingerprint density at radius 2 is 2.00 bits per heavy atom. The van der Waals surface area contributed by atoms with Crippen LogP contribution in [0.5, 0.6) is 0 Å². The molecule has 5 heteroatoms. The number of nitrogens with zero attached hydrogens (tertiary/aromatic N) is 1. The fourth-order valence-electron chi connectivity index (χ4n) is 2.34. The van der Waals surface area contributed by atoms with Crippen molar-refractivity contribution in [3.8, 4) is 0 Å². The number of hydrogen-bond acceptors (Lipinski definition) is 4. The molecule has 0 amide bonds. The van der Waals surface area contributed by atoms with E-state index in [1.807, 2.05) is 24.3 Å². The third kappa shape index (κ3) is 5.46. The second-order valence-corrected chi connectivity index (χ2v) is 4.88. The summed E-state index contributed by atoms with van der Waals surface area (Å²) < 4.78 is 5.15. The molecule has 1 aromatic carbocycles. The average molecular weight is 294 g/mol. The Labute approximate surface area is 126 Å². The molecular formula is C16H26N2O3. The summed E-state index contributed by atoms with van der Waals surface area (Å²) in [6.45, 7) is 8.03. The van der Waals surface area contributed by atoms with Crippen molar-refractivity contribution in [2.24, 2.45) is 0 Å². The van der Waals surface area contributed by atoms with E-state index >= 15 is 0 Å². The first-order valence-corrected chi connectivity index (χ1v) is 7.39. The Hall–Kier alpha value is -1.43. The number of carboxylic acids is 1. The van der Waals surface area contributed by atoms with Crippen LogP contribution < -0.4 is 5.32 Å². The van der Waals surface area contributed by atoms with Gasteiger partial charge in [0, 0.05) is 20.2 Å². The zero-order chi connectivity index (χ0) is 15.7. The van der Waals surface area contributed by atoms with Crippen molar-refractivity contribution < 1.29 is 14.6 Å². The van der Waals surface area contributed by atoms with Gasteiger partial charge in [-0.3, -0.25) is 10.1 Å². The molecule has 0 aliphatic heterocycles. The highest BCUT2D eigenvalue weighted by molar-refractivity contribution is 5.76. The molecule has 0 aromatic heterocycles. The molecule has 0 aliphatic carbocycles. The highest BCUT2D eigenvalue weighted by Gasteiger charge is 2.21. The minimum Gasteiger partial charge on any atom is -0.480 e. The van der Waals surface area contributed by atoms with Gasteiger partial charge in [0.2, 0.25) is 0 Å². The second-order valence-electron chi connectivity index (χ2n) is 4.88. The molecule has 2 N–H and O–H groups in total. The standard InChI is InChI=1S/C16H26N2O3/c1-4-18(5-2)11-10-17-15(16(19)20)14-9-7-6-8-13(14)12-21-3/h6-9,15,17H,4-5,10-12H2,1-3H3,(H,19,20). The normalized spacial score (nSPS) is 12.6. The molecule has 1 atom stereocenters. The van der Waals surface area contributed by atoms with E-state index in [1.165, 1.54) is 0 Å². The Morgan fingerprint density at radius 3 is 2.57 bits per heavy atom. The summed E-state index contributed by atoms with van der Waals surface area (Å²) in [6.07, 6.45) is 0. The van der Waals surface area contributed by atoms with E-state index in [0.29, 0.717) is 13.2 Å². The lowest BCUT2D eigenvalue weighted by Crippen LogP contribution is -2.36. The van der Waals surface area contributed by atoms with Crippen LogP contribution in [0.4, 0.5) is 0 Å². The van der Waals surface area contributed by atoms with Gasteiger partial charge in [-0.25, -0.2) is 0 Å². The van der Waals surface area contributed by atoms with Crippen LogP contribution in [0.3, 0.4) is 0 Å². The van der Waals surface area contributed by atoms with Crippen molar-refractivity contribution in [3.05, 3.63) is 35.4 Å². The molecule has 5 nitrogen and oxygen atoms in total. The predicted molar refractivity (Wildman–Crippen MR) is 83.3 cm³/mol. The van der Waals surface area contributed by atoms with E-state index in [4.69, 9.17) is 4.74 Å². The molecule has 0 spiro atoms. The van der Waals surface area contributed by atoms with Crippen LogP contribution in [-0.4, -0.2) is 49.3 Å². The first-order valence-electron chi connectivity index (χ1n) is 7.39. The molecule has 1 aromatic rings. The first-order chi connectivity index (χ1) is 10.1. The summed E-state index contributed by atoms with van der Waals surface area (Å²) in [5.74, 6) is -0.863. The molecule has 0 aliphatic rings. The van der Waals surface area contributed by atoms with Crippen molar-refractivity contribution in [2.45, 2.75) is 26.5 Å². The number of ether oxygens (including phenoxy) is 1. The third-order valence-corrected chi connectivity index (χ3v) is 3.58. The average Bonchev–Trinajstić information content (AvgIpc) is 2.48. The van der Waals surface area contributed by atoms with Gasteiger partial charge in [-0.2, -0.15) is 0 Å². The van der Waals surface area contributed by atoms with Crippen LogP contribution in [0.1, 0.15) is 31.0 Å². The number of hydrogen-bond donors (Lipinski definition) is 2. The molecule has 21 heavy (non-hydrogen) atoms. The van der Waals surface area contributed by atoms with E-state index in [1.54, 1.807) is 7.11 Å². The van der Waals surface area contributed by atoms with Gasteiger partial charge in [0.15, 0.2) is 0 Å². The number of carbonyl (C=O) groups is 1. The minimum absolute atomic E-state index is 0.414. The van der Waals surface area contributed by atoms with Crippen molar-refractivity contribution in [1.29, 1.82) is 0 Å². The maximum atomic E-state index is 11.6. The highest BCUT2D eigenvalue weighted by Crippen LogP contribution is 2.19. The van der Waals surface area contributed by atoms with E-state index in [-0.39, 0.29) is 0 Å². The number of nitrogens with one attached hydrogen (secondary N) is 1. The zero-order valence-corrected chi connectivity index (χ0v) is 13.1. The summed E-state index contributed by atoms with van der Waals surface area (Å²) in [6, 6.07) is 6.80. The van der Waals surface area contributed by atoms with Crippen molar-refractivity contribution >= 4 is 5.97 Å². The minimum atomic E-state index is -0.863. The van der Waals surface area contributed by atoms with E-state index < -0.39 is 12.0 Å². The zero-order valence-electron chi connectivity index (χ0n) is 13.1. The fourth-order valence-corrected chi connectivity index (χ4v) is 2.34. The van der Waals surface area contributed by atoms with Gasteiger partial charge >= 0.3 is 5.97 Å². The molecule has 0 bridgehead atoms. The Bertz CT molecular complexity index is 433. The summed E-state index contributed by atoms with van der Waals surface area (Å²) in [5.41, 5.74) is 1.68. The molecule has 0 saturated carbocycles. The number of likely N-dealkylation sites (N-methyl/N-ethyl adjacent to an activating group) is 1. The van der Waals surface area contributed by atoms with E-state index in [2.05, 4.69) is 24.1 Å². The molecule has 118 valence electrons. The topological polar surface area (TPSA) is 61.8 Å². The Balaban J connectivity index is 2.76. The lowest BCUT2D eigenvalue weighted by atomic mass is 10.0. The SMILES string of the molecule is CCN(CC)CCNC(C(=O)O)c1ccccc1COC. The van der Waals surface area contributed by atoms with Crippen LogP contribution >= 0.6 is 0 Å². The Kier molecular flexibility index (Phi) is 7.97. The van der Waals surface area contributed by atoms with Crippen molar-refractivity contribution in [3.63, 3.8) is 0 Å². The van der Waals surface area contributed by atoms with Gasteiger partial charge in [-0.05, 0) is 24.2 Å². The van der Waals surface area contributed by atoms with Crippen LogP contribution in [0.25, 0.3) is 0 Å². The summed E-state index contributed by atoms with van der Waals surface area (Å²) in [7, 11) is 1.61. The highest BCUT2D eigenvalue weighted by atomic mass is 16.5. The fraction of sp³-hybridized carbons (Fsp3) is 0.562. The number of carboxylic acid groups (broad SMARTS) is 1. The summed E-state index contributed by atoms with van der Waals surface area (Å²) >= 11 is 0. The van der Waals surface area contributed by atoms with Gasteiger partial charge in [0.25, 0.3) is 0 Å². The summed E-state index contributed by atoms with van der Waals surface area (Å²) in [5, 5.41) is 12.6. The van der Waals surface area contributed by atoms with Gasteiger partial charge in [-0.15, -0.1) is 0 Å². The van der Waals surface area contributed by atoms with Crippen molar-refractivity contribution in [1.82, 2.24) is 10.2 Å². The smallest absolute Gasteiger partial charge is 0.325 e. The molecule has 0 heterocycles. The number of rotatable bonds is 10. The molecule has 1 rings (SSSR count). The quantitative estimate of drug-likeness (QED) is 0.690. The molecule has 0 radical (unpaired) electrons. The van der Waals surface area contributed by atoms with Crippen LogP contribution in [0, 0.1) is 0 Å². The predicted octanol–water partition coefficient (Wildman–Crippen LogP) is 1.89. The Morgan fingerprint density at radius 1 is 1.33 bits per heavy atom. The monoisotopic (exact) mass is 294 g/mol. The van der Waals surface area contributed by atoms with E-state index in [9.17, 15) is 9.90 Å². The number of aliphatic carboxylic acids is 1. The lowest BCUT2D eigenvalue weighted by molar-refractivity contribution is -0.139. The number of methoxy groups -OCH3 is 1. The lowest BCUT2D eigenvalue weighted by Gasteiger charge is -2.22. The first kappa shape index (κ1) is 17.6. The molecule has 0 fully saturated rings. The van der Waals surface area contributed by atoms with E-state index in [0.717, 1.165) is 30.8 Å². The van der Waals surface area contributed by atoms with Crippen LogP contribution in [0.15, 0.2) is 24.3 Å². The third-order valence-electron chi connectivity index (χ3n) is 3.58. The summed E-state index contributed by atoms with van der Waals surface area (Å²) in [4.78, 5) is 13.8. The van der Waals surface area contributed by atoms with Gasteiger partial charge in [0.05, 0.1) is 6.61 Å². The van der Waals surface area contributed by atoms with Gasteiger partial charge in [0.1, 0.15) is 6.04 Å². The van der Waals surface area contributed by atoms with Gasteiger partial charge < -0.3 is 14.7 Å². The van der Waals surface area contributed by atoms with Gasteiger partial charge in [-0.1, -0.05) is 38.1 Å². The maximum Gasteiger partial charge on any atom is 0.325 e. The maximum absolute atomic E-state index is 11.6.